The van der Waals surface area contributed by atoms with Gasteiger partial charge in [-0.05, 0) is 25.0 Å². The average molecular weight is 269 g/mol. The molecule has 1 atom stereocenters. The third-order valence-electron chi connectivity index (χ3n) is 3.16. The number of ether oxygens (including phenoxy) is 1. The SMILES string of the molecule is NC[C@H]1CCCN1C(=O)COc1ccccc1Cl. The van der Waals surface area contributed by atoms with Crippen molar-refractivity contribution in [1.29, 1.82) is 0 Å². The first kappa shape index (κ1) is 13.2. The van der Waals surface area contributed by atoms with Gasteiger partial charge in [-0.3, -0.25) is 4.79 Å². The molecular formula is C13H17ClN2O2. The van der Waals surface area contributed by atoms with Gasteiger partial charge < -0.3 is 15.4 Å². The molecule has 1 fully saturated rings. The van der Waals surface area contributed by atoms with Gasteiger partial charge in [0.25, 0.3) is 5.91 Å². The number of halogens is 1. The summed E-state index contributed by atoms with van der Waals surface area (Å²) in [6.07, 6.45) is 1.99. The number of para-hydroxylation sites is 1. The highest BCUT2D eigenvalue weighted by Crippen LogP contribution is 2.23. The fraction of sp³-hybridized carbons (Fsp3) is 0.462. The third-order valence-corrected chi connectivity index (χ3v) is 3.47. The van der Waals surface area contributed by atoms with E-state index in [2.05, 4.69) is 0 Å². The number of carbonyl (C=O) groups excluding carboxylic acids is 1. The molecule has 1 saturated heterocycles. The van der Waals surface area contributed by atoms with Gasteiger partial charge in [-0.15, -0.1) is 0 Å². The van der Waals surface area contributed by atoms with Crippen LogP contribution in [0.15, 0.2) is 24.3 Å². The fourth-order valence-electron chi connectivity index (χ4n) is 2.19. The van der Waals surface area contributed by atoms with Gasteiger partial charge in [-0.1, -0.05) is 23.7 Å². The zero-order chi connectivity index (χ0) is 13.0. The number of likely N-dealkylation sites (tertiary alicyclic amines) is 1. The molecule has 2 rings (SSSR count). The highest BCUT2D eigenvalue weighted by molar-refractivity contribution is 6.32. The summed E-state index contributed by atoms with van der Waals surface area (Å²) in [4.78, 5) is 13.8. The van der Waals surface area contributed by atoms with E-state index in [0.29, 0.717) is 17.3 Å². The van der Waals surface area contributed by atoms with E-state index in [9.17, 15) is 4.79 Å². The molecule has 0 aromatic heterocycles. The first-order valence-corrected chi connectivity index (χ1v) is 6.47. The minimum Gasteiger partial charge on any atom is -0.482 e. The molecule has 1 heterocycles. The van der Waals surface area contributed by atoms with Crippen molar-refractivity contribution < 1.29 is 9.53 Å². The maximum absolute atomic E-state index is 12.0. The molecule has 18 heavy (non-hydrogen) atoms. The van der Waals surface area contributed by atoms with Crippen molar-refractivity contribution in [3.63, 3.8) is 0 Å². The molecule has 1 aromatic rings. The van der Waals surface area contributed by atoms with Crippen molar-refractivity contribution in [2.24, 2.45) is 5.73 Å². The molecule has 98 valence electrons. The van der Waals surface area contributed by atoms with E-state index >= 15 is 0 Å². The second kappa shape index (κ2) is 6.07. The Labute approximate surface area is 112 Å². The Bertz CT molecular complexity index is 425. The second-order valence-corrected chi connectivity index (χ2v) is 4.75. The normalized spacial score (nSPS) is 19.0. The van der Waals surface area contributed by atoms with Crippen LogP contribution in [-0.4, -0.2) is 36.5 Å². The summed E-state index contributed by atoms with van der Waals surface area (Å²) in [5.41, 5.74) is 5.64. The average Bonchev–Trinajstić information content (AvgIpc) is 2.86. The first-order valence-electron chi connectivity index (χ1n) is 6.09. The third kappa shape index (κ3) is 2.94. The molecular weight excluding hydrogens is 252 g/mol. The van der Waals surface area contributed by atoms with E-state index in [0.717, 1.165) is 19.4 Å². The number of carbonyl (C=O) groups is 1. The molecule has 4 nitrogen and oxygen atoms in total. The zero-order valence-electron chi connectivity index (χ0n) is 10.1. The van der Waals surface area contributed by atoms with Gasteiger partial charge in [0.2, 0.25) is 0 Å². The number of nitrogens with zero attached hydrogens (tertiary/aromatic N) is 1. The highest BCUT2D eigenvalue weighted by Gasteiger charge is 2.27. The molecule has 0 unspecified atom stereocenters. The molecule has 0 saturated carbocycles. The second-order valence-electron chi connectivity index (χ2n) is 4.34. The maximum Gasteiger partial charge on any atom is 0.260 e. The molecule has 1 aromatic carbocycles. The van der Waals surface area contributed by atoms with Gasteiger partial charge in [0.05, 0.1) is 5.02 Å². The summed E-state index contributed by atoms with van der Waals surface area (Å²) in [6.45, 7) is 1.30. The standard InChI is InChI=1S/C13H17ClN2O2/c14-11-5-1-2-6-12(11)18-9-13(17)16-7-3-4-10(16)8-15/h1-2,5-6,10H,3-4,7-9,15H2/t10-/m1/s1. The number of hydrogen-bond donors (Lipinski definition) is 1. The number of rotatable bonds is 4. The molecule has 1 aliphatic rings. The molecule has 1 aliphatic heterocycles. The van der Waals surface area contributed by atoms with Gasteiger partial charge >= 0.3 is 0 Å². The van der Waals surface area contributed by atoms with Crippen LogP contribution >= 0.6 is 11.6 Å². The van der Waals surface area contributed by atoms with E-state index in [-0.39, 0.29) is 18.6 Å². The van der Waals surface area contributed by atoms with Crippen molar-refractivity contribution in [2.75, 3.05) is 19.7 Å². The Morgan fingerprint density at radius 3 is 3.00 bits per heavy atom. The Hall–Kier alpha value is -1.26. The van der Waals surface area contributed by atoms with E-state index in [4.69, 9.17) is 22.1 Å². The van der Waals surface area contributed by atoms with Crippen LogP contribution in [0.4, 0.5) is 0 Å². The highest BCUT2D eigenvalue weighted by atomic mass is 35.5. The molecule has 0 radical (unpaired) electrons. The molecule has 0 spiro atoms. The van der Waals surface area contributed by atoms with Crippen LogP contribution in [0.5, 0.6) is 5.75 Å². The summed E-state index contributed by atoms with van der Waals surface area (Å²) >= 11 is 5.95. The largest absolute Gasteiger partial charge is 0.482 e. The fourth-order valence-corrected chi connectivity index (χ4v) is 2.38. The number of hydrogen-bond acceptors (Lipinski definition) is 3. The Morgan fingerprint density at radius 2 is 2.28 bits per heavy atom. The lowest BCUT2D eigenvalue weighted by molar-refractivity contribution is -0.134. The van der Waals surface area contributed by atoms with Crippen LogP contribution in [-0.2, 0) is 4.79 Å². The van der Waals surface area contributed by atoms with Crippen molar-refractivity contribution in [3.05, 3.63) is 29.3 Å². The first-order chi connectivity index (χ1) is 8.72. The monoisotopic (exact) mass is 268 g/mol. The molecule has 1 amide bonds. The number of nitrogens with two attached hydrogens (primary N) is 1. The van der Waals surface area contributed by atoms with E-state index < -0.39 is 0 Å². The summed E-state index contributed by atoms with van der Waals surface area (Å²) in [5, 5.41) is 0.516. The quantitative estimate of drug-likeness (QED) is 0.904. The van der Waals surface area contributed by atoms with Crippen molar-refractivity contribution in [3.8, 4) is 5.75 Å². The lowest BCUT2D eigenvalue weighted by Crippen LogP contribution is -2.42. The van der Waals surface area contributed by atoms with Crippen molar-refractivity contribution >= 4 is 17.5 Å². The Morgan fingerprint density at radius 1 is 1.50 bits per heavy atom. The van der Waals surface area contributed by atoms with E-state index in [1.54, 1.807) is 17.0 Å². The topological polar surface area (TPSA) is 55.6 Å². The Kier molecular flexibility index (Phi) is 4.44. The van der Waals surface area contributed by atoms with Gasteiger partial charge in [0.15, 0.2) is 6.61 Å². The van der Waals surface area contributed by atoms with Crippen molar-refractivity contribution in [1.82, 2.24) is 4.90 Å². The van der Waals surface area contributed by atoms with Crippen LogP contribution in [0.2, 0.25) is 5.02 Å². The molecule has 2 N–H and O–H groups in total. The number of benzene rings is 1. The summed E-state index contributed by atoms with van der Waals surface area (Å²) in [7, 11) is 0. The minimum absolute atomic E-state index is 0.0141. The van der Waals surface area contributed by atoms with Gasteiger partial charge in [-0.2, -0.15) is 0 Å². The summed E-state index contributed by atoms with van der Waals surface area (Å²) < 4.78 is 5.44. The van der Waals surface area contributed by atoms with E-state index in [1.165, 1.54) is 0 Å². The van der Waals surface area contributed by atoms with Crippen LogP contribution in [0.25, 0.3) is 0 Å². The van der Waals surface area contributed by atoms with Crippen LogP contribution in [0.1, 0.15) is 12.8 Å². The smallest absolute Gasteiger partial charge is 0.260 e. The summed E-state index contributed by atoms with van der Waals surface area (Å²) in [6, 6.07) is 7.29. The van der Waals surface area contributed by atoms with Crippen LogP contribution in [0.3, 0.4) is 0 Å². The number of amides is 1. The van der Waals surface area contributed by atoms with Crippen LogP contribution in [0, 0.1) is 0 Å². The minimum atomic E-state index is -0.0251. The zero-order valence-corrected chi connectivity index (χ0v) is 10.9. The maximum atomic E-state index is 12.0. The van der Waals surface area contributed by atoms with Gasteiger partial charge in [-0.25, -0.2) is 0 Å². The van der Waals surface area contributed by atoms with Gasteiger partial charge in [0.1, 0.15) is 5.75 Å². The lowest BCUT2D eigenvalue weighted by atomic mass is 10.2. The molecule has 0 bridgehead atoms. The lowest BCUT2D eigenvalue weighted by Gasteiger charge is -2.23. The van der Waals surface area contributed by atoms with Crippen LogP contribution < -0.4 is 10.5 Å². The summed E-state index contributed by atoms with van der Waals surface area (Å²) in [5.74, 6) is 0.513. The molecule has 0 aliphatic carbocycles. The predicted molar refractivity (Wildman–Crippen MR) is 70.7 cm³/mol. The van der Waals surface area contributed by atoms with Crippen molar-refractivity contribution in [2.45, 2.75) is 18.9 Å². The predicted octanol–water partition coefficient (Wildman–Crippen LogP) is 1.67. The Balaban J connectivity index is 1.90. The van der Waals surface area contributed by atoms with E-state index in [1.807, 2.05) is 12.1 Å². The molecule has 5 heteroatoms. The van der Waals surface area contributed by atoms with Gasteiger partial charge in [0, 0.05) is 19.1 Å².